The van der Waals surface area contributed by atoms with Crippen molar-refractivity contribution in [1.82, 2.24) is 10.3 Å². The molecule has 1 amide bonds. The molecule has 0 bridgehead atoms. The van der Waals surface area contributed by atoms with Gasteiger partial charge in [0.1, 0.15) is 0 Å². The molecule has 4 rings (SSSR count). The number of carbonyl (C=O) groups is 1. The second kappa shape index (κ2) is 7.92. The first-order chi connectivity index (χ1) is 13.1. The average Bonchev–Trinajstić information content (AvgIpc) is 3.16. The lowest BCUT2D eigenvalue weighted by atomic mass is 10.0. The number of hydrogen-bond donors (Lipinski definition) is 1. The molecule has 1 N–H and O–H groups in total. The van der Waals surface area contributed by atoms with Crippen LogP contribution in [0.3, 0.4) is 0 Å². The van der Waals surface area contributed by atoms with E-state index in [1.165, 1.54) is 17.3 Å². The molecule has 27 heavy (non-hydrogen) atoms. The first kappa shape index (κ1) is 18.3. The predicted molar refractivity (Wildman–Crippen MR) is 112 cm³/mol. The van der Waals surface area contributed by atoms with Crippen molar-refractivity contribution in [3.63, 3.8) is 0 Å². The minimum absolute atomic E-state index is 0.0905. The van der Waals surface area contributed by atoms with Gasteiger partial charge in [-0.3, -0.25) is 4.79 Å². The van der Waals surface area contributed by atoms with Gasteiger partial charge in [-0.05, 0) is 23.8 Å². The Hall–Kier alpha value is -2.02. The Bertz CT molecular complexity index is 947. The number of hydrazone groups is 1. The van der Waals surface area contributed by atoms with Gasteiger partial charge < -0.3 is 5.32 Å². The van der Waals surface area contributed by atoms with E-state index in [4.69, 9.17) is 23.2 Å². The predicted octanol–water partition coefficient (Wildman–Crippen LogP) is 4.78. The van der Waals surface area contributed by atoms with Crippen molar-refractivity contribution in [3.8, 4) is 0 Å². The standard InChI is InChI=1S/C19H16Cl2N4OS/c20-13-6-5-12(15(21)9-13)10-22-18(26)11-27-19-24-16-4-2-1-3-14(16)17-7-8-23-25(17)19/h1-6,8-9,17H,7,10-11H2,(H,22,26). The Morgan fingerprint density at radius 1 is 1.26 bits per heavy atom. The maximum absolute atomic E-state index is 12.3. The van der Waals surface area contributed by atoms with Crippen LogP contribution in [0.4, 0.5) is 5.69 Å². The summed E-state index contributed by atoms with van der Waals surface area (Å²) in [5.41, 5.74) is 2.94. The minimum Gasteiger partial charge on any atom is -0.351 e. The quantitative estimate of drug-likeness (QED) is 0.776. The van der Waals surface area contributed by atoms with E-state index >= 15 is 0 Å². The summed E-state index contributed by atoms with van der Waals surface area (Å²) >= 11 is 13.4. The van der Waals surface area contributed by atoms with Crippen LogP contribution in [-0.2, 0) is 11.3 Å². The summed E-state index contributed by atoms with van der Waals surface area (Å²) in [7, 11) is 0. The molecule has 2 aliphatic heterocycles. The van der Waals surface area contributed by atoms with Gasteiger partial charge in [0.15, 0.2) is 5.17 Å². The molecule has 5 nitrogen and oxygen atoms in total. The molecule has 0 saturated heterocycles. The normalized spacial score (nSPS) is 17.3. The highest BCUT2D eigenvalue weighted by Gasteiger charge is 2.32. The molecule has 0 radical (unpaired) electrons. The molecule has 2 aromatic carbocycles. The Labute approximate surface area is 171 Å². The molecule has 1 unspecified atom stereocenters. The van der Waals surface area contributed by atoms with Gasteiger partial charge in [-0.2, -0.15) is 5.10 Å². The molecule has 2 aliphatic rings. The number of amidine groups is 1. The van der Waals surface area contributed by atoms with E-state index in [1.54, 1.807) is 12.1 Å². The van der Waals surface area contributed by atoms with Crippen LogP contribution in [0.15, 0.2) is 52.6 Å². The van der Waals surface area contributed by atoms with Crippen molar-refractivity contribution < 1.29 is 4.79 Å². The lowest BCUT2D eigenvalue weighted by Gasteiger charge is -2.29. The molecular formula is C19H16Cl2N4OS. The van der Waals surface area contributed by atoms with E-state index in [0.717, 1.165) is 22.8 Å². The zero-order valence-corrected chi connectivity index (χ0v) is 16.6. The SMILES string of the molecule is O=C(CSC1=Nc2ccccc2C2CC=NN12)NCc1ccc(Cl)cc1Cl. The van der Waals surface area contributed by atoms with Crippen LogP contribution in [0, 0.1) is 0 Å². The molecule has 1 atom stereocenters. The monoisotopic (exact) mass is 418 g/mol. The fourth-order valence-electron chi connectivity index (χ4n) is 3.02. The van der Waals surface area contributed by atoms with Gasteiger partial charge in [0, 0.05) is 34.8 Å². The molecule has 2 aromatic rings. The summed E-state index contributed by atoms with van der Waals surface area (Å²) in [4.78, 5) is 16.9. The van der Waals surface area contributed by atoms with Crippen LogP contribution < -0.4 is 5.32 Å². The van der Waals surface area contributed by atoms with Gasteiger partial charge in [-0.25, -0.2) is 10.0 Å². The molecule has 0 aliphatic carbocycles. The molecule has 0 fully saturated rings. The number of fused-ring (bicyclic) bond motifs is 3. The van der Waals surface area contributed by atoms with Gasteiger partial charge in [0.25, 0.3) is 0 Å². The third-order valence-corrected chi connectivity index (χ3v) is 5.89. The number of amides is 1. The van der Waals surface area contributed by atoms with Crippen molar-refractivity contribution in [2.24, 2.45) is 10.1 Å². The van der Waals surface area contributed by atoms with Crippen molar-refractivity contribution >= 4 is 57.9 Å². The first-order valence-corrected chi connectivity index (χ1v) is 10.2. The van der Waals surface area contributed by atoms with Crippen molar-refractivity contribution in [3.05, 3.63) is 63.6 Å². The number of carbonyl (C=O) groups excluding carboxylic acids is 1. The summed E-state index contributed by atoms with van der Waals surface area (Å²) in [6.07, 6.45) is 2.74. The zero-order valence-electron chi connectivity index (χ0n) is 14.2. The Morgan fingerprint density at radius 2 is 2.11 bits per heavy atom. The Balaban J connectivity index is 1.39. The minimum atomic E-state index is -0.0905. The molecule has 0 saturated carbocycles. The fraction of sp³-hybridized carbons (Fsp3) is 0.211. The van der Waals surface area contributed by atoms with Gasteiger partial charge in [-0.1, -0.05) is 59.2 Å². The highest BCUT2D eigenvalue weighted by molar-refractivity contribution is 8.14. The number of hydrogen-bond acceptors (Lipinski definition) is 5. The Morgan fingerprint density at radius 3 is 2.96 bits per heavy atom. The summed E-state index contributed by atoms with van der Waals surface area (Å²) in [6.45, 7) is 0.356. The van der Waals surface area contributed by atoms with E-state index < -0.39 is 0 Å². The maximum atomic E-state index is 12.3. The molecule has 8 heteroatoms. The highest BCUT2D eigenvalue weighted by Crippen LogP contribution is 2.40. The number of para-hydroxylation sites is 1. The number of rotatable bonds is 4. The van der Waals surface area contributed by atoms with Crippen LogP contribution in [0.25, 0.3) is 0 Å². The summed E-state index contributed by atoms with van der Waals surface area (Å²) in [5.74, 6) is 0.164. The lowest BCUT2D eigenvalue weighted by molar-refractivity contribution is -0.118. The van der Waals surface area contributed by atoms with Crippen LogP contribution in [0.1, 0.15) is 23.6 Å². The van der Waals surface area contributed by atoms with E-state index in [1.807, 2.05) is 35.5 Å². The first-order valence-electron chi connectivity index (χ1n) is 8.44. The van der Waals surface area contributed by atoms with Gasteiger partial charge in [0.2, 0.25) is 5.91 Å². The molecule has 0 spiro atoms. The smallest absolute Gasteiger partial charge is 0.230 e. The second-order valence-electron chi connectivity index (χ2n) is 6.15. The average molecular weight is 419 g/mol. The van der Waals surface area contributed by atoms with Gasteiger partial charge in [0.05, 0.1) is 17.5 Å². The summed E-state index contributed by atoms with van der Waals surface area (Å²) in [5, 5.41) is 11.1. The van der Waals surface area contributed by atoms with Gasteiger partial charge in [-0.15, -0.1) is 0 Å². The summed E-state index contributed by atoms with van der Waals surface area (Å²) < 4.78 is 0. The third kappa shape index (κ3) is 3.98. The molecule has 2 heterocycles. The van der Waals surface area contributed by atoms with Gasteiger partial charge >= 0.3 is 0 Å². The highest BCUT2D eigenvalue weighted by atomic mass is 35.5. The largest absolute Gasteiger partial charge is 0.351 e. The number of nitrogens with zero attached hydrogens (tertiary/aromatic N) is 3. The lowest BCUT2D eigenvalue weighted by Crippen LogP contribution is -2.30. The number of thioether (sulfide) groups is 1. The number of halogens is 2. The molecule has 138 valence electrons. The molecular weight excluding hydrogens is 403 g/mol. The van der Waals surface area contributed by atoms with Crippen LogP contribution in [0.5, 0.6) is 0 Å². The number of nitrogens with one attached hydrogen (secondary N) is 1. The number of aliphatic imine (C=N–C) groups is 1. The van der Waals surface area contributed by atoms with Crippen molar-refractivity contribution in [2.75, 3.05) is 5.75 Å². The number of benzene rings is 2. The van der Waals surface area contributed by atoms with Crippen LogP contribution in [0.2, 0.25) is 10.0 Å². The summed E-state index contributed by atoms with van der Waals surface area (Å²) in [6, 6.07) is 13.4. The topological polar surface area (TPSA) is 57.1 Å². The van der Waals surface area contributed by atoms with E-state index in [-0.39, 0.29) is 17.7 Å². The van der Waals surface area contributed by atoms with Crippen LogP contribution >= 0.6 is 35.0 Å². The van der Waals surface area contributed by atoms with E-state index in [0.29, 0.717) is 16.6 Å². The van der Waals surface area contributed by atoms with E-state index in [9.17, 15) is 4.79 Å². The van der Waals surface area contributed by atoms with Crippen molar-refractivity contribution in [1.29, 1.82) is 0 Å². The zero-order chi connectivity index (χ0) is 18.8. The Kier molecular flexibility index (Phi) is 5.38. The van der Waals surface area contributed by atoms with Crippen molar-refractivity contribution in [2.45, 2.75) is 19.0 Å². The third-order valence-electron chi connectivity index (χ3n) is 4.36. The maximum Gasteiger partial charge on any atom is 0.230 e. The molecule has 0 aromatic heterocycles. The second-order valence-corrected chi connectivity index (χ2v) is 7.93. The van der Waals surface area contributed by atoms with Crippen LogP contribution in [-0.4, -0.2) is 28.1 Å². The fourth-order valence-corrected chi connectivity index (χ4v) is 4.33. The van der Waals surface area contributed by atoms with E-state index in [2.05, 4.69) is 21.5 Å².